The smallest absolute Gasteiger partial charge is 0.212 e. The van der Waals surface area contributed by atoms with Crippen LogP contribution < -0.4 is 0 Å². The Kier molecular flexibility index (Phi) is 14.1. The van der Waals surface area contributed by atoms with Gasteiger partial charge in [0.25, 0.3) is 0 Å². The summed E-state index contributed by atoms with van der Waals surface area (Å²) in [5.41, 5.74) is 0. The second kappa shape index (κ2) is 14.7. The minimum absolute atomic E-state index is 0.0825. The molecule has 1 saturated heterocycles. The van der Waals surface area contributed by atoms with Crippen molar-refractivity contribution in [1.29, 1.82) is 0 Å². The van der Waals surface area contributed by atoms with E-state index >= 15 is 0 Å². The molecule has 0 amide bonds. The molecule has 9 nitrogen and oxygen atoms in total. The first-order valence-corrected chi connectivity index (χ1v) is 30.3. The van der Waals surface area contributed by atoms with Crippen molar-refractivity contribution < 1.29 is 25.3 Å². The number of hydrogen-bond donors (Lipinski definition) is 0. The van der Waals surface area contributed by atoms with Crippen molar-refractivity contribution in [3.05, 3.63) is 0 Å². The van der Waals surface area contributed by atoms with Gasteiger partial charge in [-0.1, -0.05) is 58.9 Å². The van der Waals surface area contributed by atoms with Gasteiger partial charge in [0.15, 0.2) is 0 Å². The van der Waals surface area contributed by atoms with Crippen molar-refractivity contribution >= 4 is 54.3 Å². The summed E-state index contributed by atoms with van der Waals surface area (Å²) in [4.78, 5) is 0. The Bertz CT molecular complexity index is 931. The molecule has 1 heterocycles. The Hall–Kier alpha value is 0.381. The molecule has 15 heteroatoms. The van der Waals surface area contributed by atoms with Crippen LogP contribution in [0.1, 0.15) is 19.3 Å². The van der Waals surface area contributed by atoms with Crippen LogP contribution in [-0.2, 0) is 30.1 Å². The molecule has 1 aliphatic heterocycles. The fourth-order valence-corrected chi connectivity index (χ4v) is 17.8. The van der Waals surface area contributed by atoms with Crippen LogP contribution in [0, 0.1) is 0 Å². The maximum Gasteiger partial charge on any atom is 0.213 e. The molecule has 0 aromatic carbocycles. The van der Waals surface area contributed by atoms with Gasteiger partial charge in [0, 0.05) is 63.5 Å². The Morgan fingerprint density at radius 3 is 0.744 bits per heavy atom. The van der Waals surface area contributed by atoms with E-state index in [2.05, 4.69) is 58.9 Å². The molecule has 0 aromatic rings. The van der Waals surface area contributed by atoms with Crippen molar-refractivity contribution in [1.82, 2.24) is 12.9 Å². The highest BCUT2D eigenvalue weighted by molar-refractivity contribution is 7.89. The van der Waals surface area contributed by atoms with E-state index in [4.69, 9.17) is 0 Å². The molecule has 0 radical (unpaired) electrons. The van der Waals surface area contributed by atoms with Crippen molar-refractivity contribution in [2.24, 2.45) is 0 Å². The molecule has 0 atom stereocenters. The molecule has 1 aliphatic rings. The second-order valence-corrected chi connectivity index (χ2v) is 37.8. The minimum atomic E-state index is -3.53. The van der Waals surface area contributed by atoms with Crippen molar-refractivity contribution in [2.75, 3.05) is 56.5 Å². The van der Waals surface area contributed by atoms with Crippen LogP contribution in [0.5, 0.6) is 0 Å². The lowest BCUT2D eigenvalue weighted by molar-refractivity contribution is 0.310. The maximum absolute atomic E-state index is 13.3. The van der Waals surface area contributed by atoms with Gasteiger partial charge in [0.1, 0.15) is 0 Å². The van der Waals surface area contributed by atoms with Gasteiger partial charge in [-0.05, 0) is 37.4 Å². The van der Waals surface area contributed by atoms with Crippen LogP contribution in [0.4, 0.5) is 0 Å². The van der Waals surface area contributed by atoms with Gasteiger partial charge >= 0.3 is 0 Å². The molecule has 0 N–H and O–H groups in total. The van der Waals surface area contributed by atoms with Gasteiger partial charge in [-0.2, -0.15) is 0 Å². The quantitative estimate of drug-likeness (QED) is 0.291. The summed E-state index contributed by atoms with van der Waals surface area (Å²) in [6, 6.07) is 1.96. The molecule has 1 fully saturated rings. The van der Waals surface area contributed by atoms with Gasteiger partial charge in [0.2, 0.25) is 30.1 Å². The number of nitrogens with zero attached hydrogens (tertiary/aromatic N) is 3. The van der Waals surface area contributed by atoms with Gasteiger partial charge in [0.05, 0.1) is 17.3 Å². The molecule has 0 unspecified atom stereocenters. The molecule has 234 valence electrons. The van der Waals surface area contributed by atoms with Gasteiger partial charge < -0.3 is 0 Å². The van der Waals surface area contributed by atoms with E-state index in [1.54, 1.807) is 0 Å². The Balaban J connectivity index is 3.23. The highest BCUT2D eigenvalue weighted by Gasteiger charge is 2.31. The molecular formula is C24H57N3O6S3Si3. The summed E-state index contributed by atoms with van der Waals surface area (Å²) >= 11 is 0. The standard InChI is InChI=1S/C24H57N3O6S3Si3/c1-37(2,3)22-19-34(28,29)25-13-10-15-26(35(30,31)20-23-38(4,5)6)17-12-18-27(16-11-14-25)36(32,33)21-24-39(7,8)9/h10-24H2,1-9H3. The van der Waals surface area contributed by atoms with Crippen molar-refractivity contribution in [3.63, 3.8) is 0 Å². The summed E-state index contributed by atoms with van der Waals surface area (Å²) in [5, 5.41) is 0. The van der Waals surface area contributed by atoms with E-state index in [1.165, 1.54) is 12.9 Å². The average molecular weight is 664 g/mol. The molecule has 0 aliphatic carbocycles. The average Bonchev–Trinajstić information content (AvgIpc) is 2.74. The highest BCUT2D eigenvalue weighted by Crippen LogP contribution is 2.19. The van der Waals surface area contributed by atoms with Gasteiger partial charge in [-0.25, -0.2) is 38.2 Å². The fourth-order valence-electron chi connectivity index (χ4n) is 4.13. The third kappa shape index (κ3) is 15.4. The maximum atomic E-state index is 13.3. The number of sulfonamides is 3. The van der Waals surface area contributed by atoms with Crippen LogP contribution in [0.3, 0.4) is 0 Å². The van der Waals surface area contributed by atoms with Crippen LogP contribution >= 0.6 is 0 Å². The molecule has 0 bridgehead atoms. The summed E-state index contributed by atoms with van der Waals surface area (Å²) in [5.74, 6) is 0.248. The minimum Gasteiger partial charge on any atom is -0.212 e. The Labute approximate surface area is 244 Å². The summed E-state index contributed by atoms with van der Waals surface area (Å²) in [7, 11) is -15.3. The van der Waals surface area contributed by atoms with E-state index in [-0.39, 0.29) is 56.5 Å². The molecule has 1 rings (SSSR count). The monoisotopic (exact) mass is 663 g/mol. The largest absolute Gasteiger partial charge is 0.213 e. The third-order valence-electron chi connectivity index (χ3n) is 6.96. The van der Waals surface area contributed by atoms with Gasteiger partial charge in [-0.15, -0.1) is 0 Å². The van der Waals surface area contributed by atoms with E-state index in [0.717, 1.165) is 0 Å². The zero-order valence-electron chi connectivity index (χ0n) is 26.1. The SMILES string of the molecule is C[Si](C)(C)CCS(=O)(=O)N1CCCN(S(=O)(=O)CC[Si](C)(C)C)CCCN(S(=O)(=O)CC[Si](C)(C)C)CCC1. The molecule has 0 spiro atoms. The molecule has 39 heavy (non-hydrogen) atoms. The van der Waals surface area contributed by atoms with Crippen LogP contribution in [0.2, 0.25) is 77.1 Å². The predicted octanol–water partition coefficient (Wildman–Crippen LogP) is 4.08. The zero-order chi connectivity index (χ0) is 30.3. The summed E-state index contributed by atoms with van der Waals surface area (Å²) in [6.07, 6.45) is 1.28. The first-order chi connectivity index (χ1) is 17.4. The predicted molar refractivity (Wildman–Crippen MR) is 174 cm³/mol. The molecular weight excluding hydrogens is 607 g/mol. The highest BCUT2D eigenvalue weighted by atomic mass is 32.2. The topological polar surface area (TPSA) is 112 Å². The van der Waals surface area contributed by atoms with Crippen molar-refractivity contribution in [2.45, 2.75) is 96.3 Å². The van der Waals surface area contributed by atoms with E-state index in [0.29, 0.717) is 37.4 Å². The number of hydrogen-bond acceptors (Lipinski definition) is 6. The van der Waals surface area contributed by atoms with E-state index in [1.807, 2.05) is 0 Å². The summed E-state index contributed by atoms with van der Waals surface area (Å²) < 4.78 is 84.4. The molecule has 0 aromatic heterocycles. The van der Waals surface area contributed by atoms with Crippen LogP contribution in [-0.4, -0.2) is 119 Å². The third-order valence-corrected chi connectivity index (χ3v) is 18.9. The first kappa shape index (κ1) is 37.4. The normalized spacial score (nSPS) is 19.9. The lowest BCUT2D eigenvalue weighted by Crippen LogP contribution is -2.44. The second-order valence-electron chi connectivity index (χ2n) is 14.6. The van der Waals surface area contributed by atoms with Gasteiger partial charge in [-0.3, -0.25) is 0 Å². The lowest BCUT2D eigenvalue weighted by atomic mass is 10.3. The van der Waals surface area contributed by atoms with E-state index in [9.17, 15) is 25.3 Å². The Morgan fingerprint density at radius 2 is 0.590 bits per heavy atom. The fraction of sp³-hybridized carbons (Fsp3) is 1.00. The Morgan fingerprint density at radius 1 is 0.410 bits per heavy atom. The zero-order valence-corrected chi connectivity index (χ0v) is 31.6. The number of rotatable bonds is 12. The first-order valence-electron chi connectivity index (χ1n) is 14.4. The van der Waals surface area contributed by atoms with Crippen LogP contribution in [0.15, 0.2) is 0 Å². The van der Waals surface area contributed by atoms with Crippen molar-refractivity contribution in [3.8, 4) is 0 Å². The lowest BCUT2D eigenvalue weighted by Gasteiger charge is -2.30. The van der Waals surface area contributed by atoms with Crippen LogP contribution in [0.25, 0.3) is 0 Å². The summed E-state index contributed by atoms with van der Waals surface area (Å²) in [6.45, 7) is 20.8. The van der Waals surface area contributed by atoms with E-state index < -0.39 is 54.3 Å². The molecule has 0 saturated carbocycles.